The van der Waals surface area contributed by atoms with Gasteiger partial charge in [0.2, 0.25) is 0 Å². The van der Waals surface area contributed by atoms with Crippen LogP contribution in [0.25, 0.3) is 0 Å². The van der Waals surface area contributed by atoms with Crippen molar-refractivity contribution in [2.45, 2.75) is 32.1 Å². The molecule has 0 spiro atoms. The van der Waals surface area contributed by atoms with Crippen molar-refractivity contribution in [1.29, 1.82) is 0 Å². The van der Waals surface area contributed by atoms with Gasteiger partial charge in [-0.2, -0.15) is 5.10 Å². The van der Waals surface area contributed by atoms with Crippen LogP contribution in [0.5, 0.6) is 0 Å². The molecule has 0 bridgehead atoms. The number of aryl methyl sites for hydroxylation is 3. The molecular weight excluding hydrogens is 224 g/mol. The number of hydrogen-bond donors (Lipinski definition) is 1. The number of Topliss-reactive ketones (excluding diaryl/α,β-unsaturated/α-hetero) is 1. The molecule has 1 N–H and O–H groups in total. The summed E-state index contributed by atoms with van der Waals surface area (Å²) in [6, 6.07) is 10.4. The monoisotopic (exact) mass is 240 g/mol. The van der Waals surface area contributed by atoms with Crippen LogP contribution >= 0.6 is 0 Å². The molecule has 0 amide bonds. The van der Waals surface area contributed by atoms with Crippen molar-refractivity contribution in [2.24, 2.45) is 0 Å². The zero-order valence-electron chi connectivity index (χ0n) is 10.3. The van der Waals surface area contributed by atoms with Gasteiger partial charge < -0.3 is 0 Å². The zero-order valence-corrected chi connectivity index (χ0v) is 10.3. The summed E-state index contributed by atoms with van der Waals surface area (Å²) in [5.41, 5.74) is 4.71. The maximum absolute atomic E-state index is 11.5. The minimum atomic E-state index is 0.338. The van der Waals surface area contributed by atoms with Crippen LogP contribution in [0.2, 0.25) is 0 Å². The topological polar surface area (TPSA) is 45.8 Å². The van der Waals surface area contributed by atoms with E-state index in [1.165, 1.54) is 5.56 Å². The van der Waals surface area contributed by atoms with Crippen LogP contribution in [0.15, 0.2) is 30.3 Å². The van der Waals surface area contributed by atoms with Crippen molar-refractivity contribution in [2.75, 3.05) is 0 Å². The number of nitrogens with one attached hydrogen (secondary N) is 1. The quantitative estimate of drug-likeness (QED) is 0.894. The van der Waals surface area contributed by atoms with Crippen LogP contribution in [0.3, 0.4) is 0 Å². The number of benzene rings is 1. The summed E-state index contributed by atoms with van der Waals surface area (Å²) in [5, 5.41) is 7.45. The maximum atomic E-state index is 11.5. The normalized spacial score (nSPS) is 14.6. The first kappa shape index (κ1) is 11.2. The van der Waals surface area contributed by atoms with Gasteiger partial charge in [0.05, 0.1) is 5.69 Å². The average Bonchev–Trinajstić information content (AvgIpc) is 2.80. The van der Waals surface area contributed by atoms with E-state index in [1.807, 2.05) is 6.07 Å². The van der Waals surface area contributed by atoms with E-state index in [1.54, 1.807) is 0 Å². The first-order valence-electron chi connectivity index (χ1n) is 6.43. The molecule has 3 rings (SSSR count). The summed E-state index contributed by atoms with van der Waals surface area (Å²) in [7, 11) is 0. The molecule has 18 heavy (non-hydrogen) atoms. The SMILES string of the molecule is O=C1CCc2[nH]nc(CCc3ccccc3)c2C1. The minimum Gasteiger partial charge on any atom is -0.299 e. The first-order valence-corrected chi connectivity index (χ1v) is 6.43. The zero-order chi connectivity index (χ0) is 12.4. The highest BCUT2D eigenvalue weighted by Gasteiger charge is 2.21. The molecule has 1 aliphatic carbocycles. The number of ketones is 1. The molecule has 92 valence electrons. The third-order valence-corrected chi connectivity index (χ3v) is 3.56. The Morgan fingerprint density at radius 1 is 1.11 bits per heavy atom. The van der Waals surface area contributed by atoms with Gasteiger partial charge in [-0.05, 0) is 24.8 Å². The van der Waals surface area contributed by atoms with Crippen LogP contribution in [0.4, 0.5) is 0 Å². The number of nitrogens with zero attached hydrogens (tertiary/aromatic N) is 1. The molecule has 2 aromatic rings. The molecular formula is C15H16N2O. The largest absolute Gasteiger partial charge is 0.299 e. The van der Waals surface area contributed by atoms with Gasteiger partial charge in [-0.15, -0.1) is 0 Å². The summed E-state index contributed by atoms with van der Waals surface area (Å²) < 4.78 is 0. The molecule has 0 atom stereocenters. The second kappa shape index (κ2) is 4.77. The fourth-order valence-corrected chi connectivity index (χ4v) is 2.52. The number of aromatic nitrogens is 2. The third kappa shape index (κ3) is 2.21. The van der Waals surface area contributed by atoms with Crippen molar-refractivity contribution >= 4 is 5.78 Å². The molecule has 3 heteroatoms. The molecule has 0 aliphatic heterocycles. The van der Waals surface area contributed by atoms with Crippen LogP contribution < -0.4 is 0 Å². The van der Waals surface area contributed by atoms with Gasteiger partial charge in [0, 0.05) is 24.1 Å². The number of fused-ring (bicyclic) bond motifs is 1. The lowest BCUT2D eigenvalue weighted by Crippen LogP contribution is -2.13. The molecule has 1 aromatic heterocycles. The molecule has 0 fully saturated rings. The lowest BCUT2D eigenvalue weighted by Gasteiger charge is -2.10. The van der Waals surface area contributed by atoms with Gasteiger partial charge in [-0.1, -0.05) is 30.3 Å². The molecule has 0 saturated carbocycles. The Morgan fingerprint density at radius 2 is 1.94 bits per heavy atom. The Morgan fingerprint density at radius 3 is 2.78 bits per heavy atom. The van der Waals surface area contributed by atoms with E-state index in [-0.39, 0.29) is 0 Å². The van der Waals surface area contributed by atoms with E-state index in [9.17, 15) is 4.79 Å². The predicted molar refractivity (Wildman–Crippen MR) is 69.5 cm³/mol. The fourth-order valence-electron chi connectivity index (χ4n) is 2.52. The van der Waals surface area contributed by atoms with Gasteiger partial charge >= 0.3 is 0 Å². The smallest absolute Gasteiger partial charge is 0.137 e. The number of hydrogen-bond acceptors (Lipinski definition) is 2. The van der Waals surface area contributed by atoms with Crippen molar-refractivity contribution in [3.05, 3.63) is 52.8 Å². The minimum absolute atomic E-state index is 0.338. The van der Waals surface area contributed by atoms with Gasteiger partial charge in [-0.3, -0.25) is 9.89 Å². The highest BCUT2D eigenvalue weighted by Crippen LogP contribution is 2.21. The van der Waals surface area contributed by atoms with Crippen molar-refractivity contribution in [3.8, 4) is 0 Å². The van der Waals surface area contributed by atoms with Crippen molar-refractivity contribution in [3.63, 3.8) is 0 Å². The van der Waals surface area contributed by atoms with E-state index in [0.29, 0.717) is 18.6 Å². The van der Waals surface area contributed by atoms with E-state index < -0.39 is 0 Å². The molecule has 1 aliphatic rings. The Balaban J connectivity index is 1.74. The van der Waals surface area contributed by atoms with Gasteiger partial charge in [0.25, 0.3) is 0 Å². The van der Waals surface area contributed by atoms with E-state index in [0.717, 1.165) is 36.2 Å². The third-order valence-electron chi connectivity index (χ3n) is 3.56. The van der Waals surface area contributed by atoms with Crippen LogP contribution in [0, 0.1) is 0 Å². The number of carbonyl (C=O) groups is 1. The second-order valence-corrected chi connectivity index (χ2v) is 4.83. The Hall–Kier alpha value is -1.90. The van der Waals surface area contributed by atoms with E-state index in [2.05, 4.69) is 34.5 Å². The Labute approximate surface area is 106 Å². The van der Waals surface area contributed by atoms with E-state index >= 15 is 0 Å². The van der Waals surface area contributed by atoms with Crippen molar-refractivity contribution < 1.29 is 4.79 Å². The lowest BCUT2D eigenvalue weighted by molar-refractivity contribution is -0.118. The summed E-state index contributed by atoms with van der Waals surface area (Å²) in [6.45, 7) is 0. The molecule has 1 heterocycles. The number of aromatic amines is 1. The fraction of sp³-hybridized carbons (Fsp3) is 0.333. The molecule has 0 unspecified atom stereocenters. The Kier molecular flexibility index (Phi) is 2.97. The summed E-state index contributed by atoms with van der Waals surface area (Å²) in [4.78, 5) is 11.5. The molecule has 3 nitrogen and oxygen atoms in total. The van der Waals surface area contributed by atoms with E-state index in [4.69, 9.17) is 0 Å². The highest BCUT2D eigenvalue weighted by atomic mass is 16.1. The number of carbonyl (C=O) groups excluding carboxylic acids is 1. The maximum Gasteiger partial charge on any atom is 0.137 e. The highest BCUT2D eigenvalue weighted by molar-refractivity contribution is 5.83. The summed E-state index contributed by atoms with van der Waals surface area (Å²) in [6.07, 6.45) is 3.94. The van der Waals surface area contributed by atoms with Gasteiger partial charge in [-0.25, -0.2) is 0 Å². The molecule has 1 aromatic carbocycles. The molecule has 0 radical (unpaired) electrons. The second-order valence-electron chi connectivity index (χ2n) is 4.83. The molecule has 0 saturated heterocycles. The predicted octanol–water partition coefficient (Wildman–Crippen LogP) is 2.25. The standard InChI is InChI=1S/C15H16N2O/c18-12-7-9-15-13(10-12)14(16-17-15)8-6-11-4-2-1-3-5-11/h1-5H,6-10H2,(H,16,17). The summed E-state index contributed by atoms with van der Waals surface area (Å²) >= 11 is 0. The summed E-state index contributed by atoms with van der Waals surface area (Å²) in [5.74, 6) is 0.338. The van der Waals surface area contributed by atoms with Crippen molar-refractivity contribution in [1.82, 2.24) is 10.2 Å². The van der Waals surface area contributed by atoms with Crippen LogP contribution in [-0.4, -0.2) is 16.0 Å². The van der Waals surface area contributed by atoms with Crippen LogP contribution in [-0.2, 0) is 30.5 Å². The van der Waals surface area contributed by atoms with Gasteiger partial charge in [0.15, 0.2) is 0 Å². The Bertz CT molecular complexity index is 557. The van der Waals surface area contributed by atoms with Gasteiger partial charge in [0.1, 0.15) is 5.78 Å². The number of rotatable bonds is 3. The first-order chi connectivity index (χ1) is 8.83. The van der Waals surface area contributed by atoms with Crippen LogP contribution in [0.1, 0.15) is 28.9 Å². The number of H-pyrrole nitrogens is 1. The average molecular weight is 240 g/mol. The lowest BCUT2D eigenvalue weighted by atomic mass is 9.93.